The summed E-state index contributed by atoms with van der Waals surface area (Å²) in [6.45, 7) is 10.1. The van der Waals surface area contributed by atoms with Gasteiger partial charge in [0.25, 0.3) is 0 Å². The molecular formula is C9H18N2. The van der Waals surface area contributed by atoms with Gasteiger partial charge in [-0.15, -0.1) is 0 Å². The number of hydrogen-bond donors (Lipinski definition) is 1. The lowest BCUT2D eigenvalue weighted by Gasteiger charge is -2.11. The molecule has 64 valence electrons. The smallest absolute Gasteiger partial charge is 0.115 e. The maximum absolute atomic E-state index is 5.26. The van der Waals surface area contributed by atoms with E-state index in [4.69, 9.17) is 5.73 Å². The normalized spacial score (nSPS) is 14.2. The first-order valence-corrected chi connectivity index (χ1v) is 4.01. The minimum atomic E-state index is 0.390. The van der Waals surface area contributed by atoms with Crippen LogP contribution >= 0.6 is 0 Å². The maximum atomic E-state index is 5.26. The molecule has 0 rings (SSSR count). The first-order chi connectivity index (χ1) is 5.04. The van der Waals surface area contributed by atoms with Gasteiger partial charge in [0.15, 0.2) is 0 Å². The van der Waals surface area contributed by atoms with E-state index in [1.807, 2.05) is 6.21 Å². The fourth-order valence-corrected chi connectivity index (χ4v) is 0.608. The highest BCUT2D eigenvalue weighted by molar-refractivity contribution is 5.58. The fraction of sp³-hybridized carbons (Fsp3) is 0.667. The number of rotatable bonds is 4. The Morgan fingerprint density at radius 3 is 2.45 bits per heavy atom. The summed E-state index contributed by atoms with van der Waals surface area (Å²) in [7, 11) is 0. The van der Waals surface area contributed by atoms with Gasteiger partial charge in [-0.25, -0.2) is 4.99 Å². The Hall–Kier alpha value is -0.790. The molecule has 2 nitrogen and oxygen atoms in total. The van der Waals surface area contributed by atoms with Crippen LogP contribution in [0.1, 0.15) is 27.2 Å². The summed E-state index contributed by atoms with van der Waals surface area (Å²) in [6.07, 6.45) is 2.82. The van der Waals surface area contributed by atoms with Crippen LogP contribution in [0.2, 0.25) is 0 Å². The Morgan fingerprint density at radius 1 is 1.55 bits per heavy atom. The summed E-state index contributed by atoms with van der Waals surface area (Å²) in [5.41, 5.74) is 5.26. The maximum Gasteiger partial charge on any atom is 0.115 e. The molecule has 0 aromatic heterocycles. The number of nitrogens with two attached hydrogens (primary N) is 1. The Morgan fingerprint density at radius 2 is 2.09 bits per heavy atom. The zero-order valence-electron chi connectivity index (χ0n) is 7.67. The van der Waals surface area contributed by atoms with Gasteiger partial charge in [-0.1, -0.05) is 27.4 Å². The third kappa shape index (κ3) is 5.64. The second-order valence-electron chi connectivity index (χ2n) is 3.26. The van der Waals surface area contributed by atoms with Gasteiger partial charge in [0, 0.05) is 6.21 Å². The van der Waals surface area contributed by atoms with Gasteiger partial charge >= 0.3 is 0 Å². The predicted molar refractivity (Wildman–Crippen MR) is 50.4 cm³/mol. The van der Waals surface area contributed by atoms with Gasteiger partial charge in [0.1, 0.15) is 5.82 Å². The van der Waals surface area contributed by atoms with Crippen molar-refractivity contribution in [3.63, 3.8) is 0 Å². The van der Waals surface area contributed by atoms with Crippen LogP contribution < -0.4 is 5.73 Å². The minimum Gasteiger partial charge on any atom is -0.384 e. The van der Waals surface area contributed by atoms with Crippen molar-refractivity contribution in [1.82, 2.24) is 0 Å². The lowest BCUT2D eigenvalue weighted by atomic mass is 9.95. The Kier molecular flexibility index (Phi) is 4.59. The van der Waals surface area contributed by atoms with Crippen LogP contribution in [-0.2, 0) is 0 Å². The highest BCUT2D eigenvalue weighted by Gasteiger charge is 2.03. The summed E-state index contributed by atoms with van der Waals surface area (Å²) in [4.78, 5) is 3.91. The molecule has 0 aliphatic carbocycles. The molecule has 0 aromatic rings. The molecule has 0 amide bonds. The van der Waals surface area contributed by atoms with Crippen LogP contribution in [0.5, 0.6) is 0 Å². The second kappa shape index (κ2) is 4.94. The number of hydrogen-bond acceptors (Lipinski definition) is 2. The van der Waals surface area contributed by atoms with Gasteiger partial charge in [0.05, 0.1) is 0 Å². The molecule has 2 N–H and O–H groups in total. The number of nitrogens with zero attached hydrogens (tertiary/aromatic N) is 1. The van der Waals surface area contributed by atoms with E-state index in [1.165, 1.54) is 0 Å². The summed E-state index contributed by atoms with van der Waals surface area (Å²) < 4.78 is 0. The molecule has 0 aliphatic heterocycles. The molecule has 1 atom stereocenters. The van der Waals surface area contributed by atoms with Gasteiger partial charge in [-0.3, -0.25) is 0 Å². The zero-order chi connectivity index (χ0) is 8.85. The first kappa shape index (κ1) is 10.2. The molecule has 11 heavy (non-hydrogen) atoms. The fourth-order valence-electron chi connectivity index (χ4n) is 0.608. The van der Waals surface area contributed by atoms with E-state index >= 15 is 0 Å². The van der Waals surface area contributed by atoms with Crippen LogP contribution in [0.3, 0.4) is 0 Å². The Balaban J connectivity index is 3.61. The summed E-state index contributed by atoms with van der Waals surface area (Å²) >= 11 is 0. The van der Waals surface area contributed by atoms with Gasteiger partial charge in [-0.05, 0) is 18.3 Å². The quantitative estimate of drug-likeness (QED) is 0.619. The van der Waals surface area contributed by atoms with Crippen molar-refractivity contribution in [2.24, 2.45) is 22.6 Å². The highest BCUT2D eigenvalue weighted by atomic mass is 14.9. The third-order valence-corrected chi connectivity index (χ3v) is 1.87. The van der Waals surface area contributed by atoms with E-state index in [9.17, 15) is 0 Å². The van der Waals surface area contributed by atoms with Crippen molar-refractivity contribution < 1.29 is 0 Å². The lowest BCUT2D eigenvalue weighted by Crippen LogP contribution is -2.04. The van der Waals surface area contributed by atoms with Crippen molar-refractivity contribution >= 4 is 6.21 Å². The molecule has 0 spiro atoms. The van der Waals surface area contributed by atoms with Gasteiger partial charge < -0.3 is 5.73 Å². The van der Waals surface area contributed by atoms with Crippen molar-refractivity contribution in [1.29, 1.82) is 0 Å². The molecular weight excluding hydrogens is 136 g/mol. The molecule has 1 unspecified atom stereocenters. The van der Waals surface area contributed by atoms with Crippen molar-refractivity contribution in [2.75, 3.05) is 0 Å². The van der Waals surface area contributed by atoms with E-state index in [0.717, 1.165) is 6.42 Å². The lowest BCUT2D eigenvalue weighted by molar-refractivity contribution is 0.436. The topological polar surface area (TPSA) is 38.4 Å². The average molecular weight is 154 g/mol. The van der Waals surface area contributed by atoms with Crippen LogP contribution in [0, 0.1) is 11.8 Å². The third-order valence-electron chi connectivity index (χ3n) is 1.87. The van der Waals surface area contributed by atoms with Gasteiger partial charge in [0.2, 0.25) is 0 Å². The molecule has 0 aromatic carbocycles. The molecule has 0 saturated carbocycles. The van der Waals surface area contributed by atoms with Crippen molar-refractivity contribution in [3.05, 3.63) is 12.4 Å². The summed E-state index contributed by atoms with van der Waals surface area (Å²) in [6, 6.07) is 0. The van der Waals surface area contributed by atoms with Crippen LogP contribution in [0.25, 0.3) is 0 Å². The van der Waals surface area contributed by atoms with E-state index in [2.05, 4.69) is 32.3 Å². The molecule has 0 radical (unpaired) electrons. The van der Waals surface area contributed by atoms with Gasteiger partial charge in [-0.2, -0.15) is 0 Å². The monoisotopic (exact) mass is 154 g/mol. The molecule has 0 bridgehead atoms. The molecule has 2 heteroatoms. The van der Waals surface area contributed by atoms with E-state index in [1.54, 1.807) is 0 Å². The summed E-state index contributed by atoms with van der Waals surface area (Å²) in [5, 5.41) is 0. The number of aliphatic imine (C=N–C) groups is 1. The molecule has 0 fully saturated rings. The highest BCUT2D eigenvalue weighted by Crippen LogP contribution is 2.11. The van der Waals surface area contributed by atoms with Crippen molar-refractivity contribution in [2.45, 2.75) is 27.2 Å². The zero-order valence-corrected chi connectivity index (χ0v) is 7.67. The van der Waals surface area contributed by atoms with Crippen LogP contribution in [0.4, 0.5) is 0 Å². The van der Waals surface area contributed by atoms with E-state index < -0.39 is 0 Å². The standard InChI is InChI=1S/C9H18N2/c1-7(2)8(3)5-6-11-9(4)10/h6-8H,4-5,10H2,1-3H3. The SMILES string of the molecule is C=C(N)N=CCC(C)C(C)C. The summed E-state index contributed by atoms with van der Waals surface area (Å²) in [5.74, 6) is 1.76. The van der Waals surface area contributed by atoms with E-state index in [-0.39, 0.29) is 0 Å². The first-order valence-electron chi connectivity index (χ1n) is 4.01. The Bertz CT molecular complexity index is 148. The molecule has 0 heterocycles. The molecule has 0 saturated heterocycles. The van der Waals surface area contributed by atoms with Crippen LogP contribution in [0.15, 0.2) is 17.4 Å². The van der Waals surface area contributed by atoms with E-state index in [0.29, 0.717) is 17.7 Å². The molecule has 0 aliphatic rings. The average Bonchev–Trinajstić information content (AvgIpc) is 1.86. The second-order valence-corrected chi connectivity index (χ2v) is 3.26. The Labute approximate surface area is 69.2 Å². The largest absolute Gasteiger partial charge is 0.384 e. The minimum absolute atomic E-state index is 0.390. The van der Waals surface area contributed by atoms with Crippen molar-refractivity contribution in [3.8, 4) is 0 Å². The van der Waals surface area contributed by atoms with Crippen LogP contribution in [-0.4, -0.2) is 6.21 Å². The predicted octanol–water partition coefficient (Wildman–Crippen LogP) is 2.17.